The van der Waals surface area contributed by atoms with E-state index in [4.69, 9.17) is 8.83 Å². The second-order valence-corrected chi connectivity index (χ2v) is 7.08. The first-order chi connectivity index (χ1) is 12.7. The predicted molar refractivity (Wildman–Crippen MR) is 108 cm³/mol. The topological polar surface area (TPSA) is 26.3 Å². The molecule has 0 N–H and O–H groups in total. The van der Waals surface area contributed by atoms with Crippen LogP contribution in [0.5, 0.6) is 0 Å². The highest BCUT2D eigenvalue weighted by molar-refractivity contribution is 6.23. The van der Waals surface area contributed by atoms with E-state index in [1.807, 2.05) is 24.3 Å². The van der Waals surface area contributed by atoms with Crippen molar-refractivity contribution in [3.63, 3.8) is 0 Å². The van der Waals surface area contributed by atoms with Crippen molar-refractivity contribution in [3.8, 4) is 0 Å². The Hall–Kier alpha value is -3.26. The Bertz CT molecular complexity index is 1380. The Morgan fingerprint density at radius 3 is 1.38 bits per heavy atom. The summed E-state index contributed by atoms with van der Waals surface area (Å²) in [5, 5.41) is 6.92. The molecule has 0 unspecified atom stereocenters. The Morgan fingerprint density at radius 1 is 0.500 bits per heavy atom. The third-order valence-corrected chi connectivity index (χ3v) is 5.53. The van der Waals surface area contributed by atoms with Crippen LogP contribution >= 0.6 is 0 Å². The molecular formula is C24H16O2. The van der Waals surface area contributed by atoms with E-state index in [9.17, 15) is 0 Å². The molecular weight excluding hydrogens is 320 g/mol. The molecule has 0 aliphatic rings. The fraction of sp³-hybridized carbons (Fsp3) is 0.0833. The third kappa shape index (κ3) is 1.62. The van der Waals surface area contributed by atoms with Gasteiger partial charge in [-0.25, -0.2) is 0 Å². The summed E-state index contributed by atoms with van der Waals surface area (Å²) in [5.74, 6) is 0. The number of hydrogen-bond donors (Lipinski definition) is 0. The fourth-order valence-corrected chi connectivity index (χ4v) is 4.33. The molecule has 6 rings (SSSR count). The summed E-state index contributed by atoms with van der Waals surface area (Å²) in [6.07, 6.45) is 0. The summed E-state index contributed by atoms with van der Waals surface area (Å²) < 4.78 is 12.5. The molecule has 0 aliphatic carbocycles. The van der Waals surface area contributed by atoms with E-state index in [0.29, 0.717) is 0 Å². The average molecular weight is 336 g/mol. The smallest absolute Gasteiger partial charge is 0.143 e. The van der Waals surface area contributed by atoms with Gasteiger partial charge in [-0.05, 0) is 61.4 Å². The molecule has 124 valence electrons. The molecule has 0 spiro atoms. The van der Waals surface area contributed by atoms with Crippen LogP contribution in [0.1, 0.15) is 11.1 Å². The van der Waals surface area contributed by atoms with Gasteiger partial charge in [0, 0.05) is 32.3 Å². The normalized spacial score (nSPS) is 12.2. The summed E-state index contributed by atoms with van der Waals surface area (Å²) >= 11 is 0. The summed E-state index contributed by atoms with van der Waals surface area (Å²) in [5.41, 5.74) is 6.22. The van der Waals surface area contributed by atoms with Crippen molar-refractivity contribution in [2.75, 3.05) is 0 Å². The van der Waals surface area contributed by atoms with Crippen LogP contribution in [0, 0.1) is 13.8 Å². The molecule has 4 aromatic carbocycles. The molecule has 0 saturated carbocycles. The minimum absolute atomic E-state index is 0.936. The summed E-state index contributed by atoms with van der Waals surface area (Å²) in [7, 11) is 0. The number of furan rings is 2. The molecule has 0 bridgehead atoms. The number of aryl methyl sites for hydroxylation is 2. The van der Waals surface area contributed by atoms with Gasteiger partial charge in [0.2, 0.25) is 0 Å². The van der Waals surface area contributed by atoms with Crippen LogP contribution < -0.4 is 0 Å². The monoisotopic (exact) mass is 336 g/mol. The zero-order valence-electron chi connectivity index (χ0n) is 14.6. The largest absolute Gasteiger partial charge is 0.455 e. The third-order valence-electron chi connectivity index (χ3n) is 5.53. The average Bonchev–Trinajstić information content (AvgIpc) is 3.21. The van der Waals surface area contributed by atoms with Gasteiger partial charge >= 0.3 is 0 Å². The summed E-state index contributed by atoms with van der Waals surface area (Å²) in [4.78, 5) is 0. The van der Waals surface area contributed by atoms with Gasteiger partial charge in [0.25, 0.3) is 0 Å². The molecule has 6 aromatic rings. The molecule has 0 radical (unpaired) electrons. The lowest BCUT2D eigenvalue weighted by molar-refractivity contribution is 0.669. The second-order valence-electron chi connectivity index (χ2n) is 7.08. The first-order valence-corrected chi connectivity index (χ1v) is 8.88. The first-order valence-electron chi connectivity index (χ1n) is 8.88. The van der Waals surface area contributed by atoms with Crippen molar-refractivity contribution in [1.29, 1.82) is 0 Å². The van der Waals surface area contributed by atoms with Crippen molar-refractivity contribution in [2.45, 2.75) is 13.8 Å². The number of hydrogen-bond acceptors (Lipinski definition) is 2. The van der Waals surface area contributed by atoms with E-state index in [1.165, 1.54) is 21.9 Å². The van der Waals surface area contributed by atoms with Crippen LogP contribution in [0.15, 0.2) is 69.5 Å². The molecule has 0 amide bonds. The zero-order valence-corrected chi connectivity index (χ0v) is 14.6. The highest BCUT2D eigenvalue weighted by Crippen LogP contribution is 2.40. The van der Waals surface area contributed by atoms with Gasteiger partial charge in [-0.2, -0.15) is 0 Å². The van der Waals surface area contributed by atoms with Crippen LogP contribution in [0.4, 0.5) is 0 Å². The van der Waals surface area contributed by atoms with Crippen LogP contribution in [0.3, 0.4) is 0 Å². The predicted octanol–water partition coefficient (Wildman–Crippen LogP) is 7.26. The quantitative estimate of drug-likeness (QED) is 0.292. The number of benzene rings is 4. The van der Waals surface area contributed by atoms with Crippen LogP contribution in [-0.2, 0) is 0 Å². The van der Waals surface area contributed by atoms with E-state index >= 15 is 0 Å². The lowest BCUT2D eigenvalue weighted by Crippen LogP contribution is -1.77. The molecule has 2 aromatic heterocycles. The first kappa shape index (κ1) is 14.0. The maximum Gasteiger partial charge on any atom is 0.143 e. The lowest BCUT2D eigenvalue weighted by atomic mass is 10.0. The highest BCUT2D eigenvalue weighted by Gasteiger charge is 2.16. The Kier molecular flexibility index (Phi) is 2.51. The molecule has 2 heteroatoms. The van der Waals surface area contributed by atoms with E-state index in [2.05, 4.69) is 50.2 Å². The molecule has 0 atom stereocenters. The van der Waals surface area contributed by atoms with Crippen LogP contribution in [-0.4, -0.2) is 0 Å². The molecule has 2 heterocycles. The van der Waals surface area contributed by atoms with Crippen molar-refractivity contribution < 1.29 is 8.83 Å². The maximum absolute atomic E-state index is 6.25. The van der Waals surface area contributed by atoms with Gasteiger partial charge in [-0.1, -0.05) is 24.3 Å². The van der Waals surface area contributed by atoms with E-state index in [0.717, 1.165) is 43.9 Å². The SMILES string of the molecule is Cc1cccc2oc3c4ccc5c(oc6cccc(C)c65)c4ccc3c12. The van der Waals surface area contributed by atoms with Gasteiger partial charge in [0.05, 0.1) is 0 Å². The molecule has 0 saturated heterocycles. The lowest BCUT2D eigenvalue weighted by Gasteiger charge is -2.00. The van der Waals surface area contributed by atoms with Gasteiger partial charge in [0.15, 0.2) is 0 Å². The highest BCUT2D eigenvalue weighted by atomic mass is 16.3. The minimum Gasteiger partial charge on any atom is -0.455 e. The Balaban J connectivity index is 1.85. The van der Waals surface area contributed by atoms with E-state index in [-0.39, 0.29) is 0 Å². The summed E-state index contributed by atoms with van der Waals surface area (Å²) in [6.45, 7) is 4.26. The van der Waals surface area contributed by atoms with Crippen LogP contribution in [0.25, 0.3) is 54.6 Å². The van der Waals surface area contributed by atoms with Crippen molar-refractivity contribution in [2.24, 2.45) is 0 Å². The summed E-state index contributed by atoms with van der Waals surface area (Å²) in [6, 6.07) is 21.1. The Labute approximate surface area is 149 Å². The second kappa shape index (κ2) is 4.67. The molecule has 2 nitrogen and oxygen atoms in total. The number of rotatable bonds is 0. The van der Waals surface area contributed by atoms with Crippen molar-refractivity contribution in [3.05, 3.63) is 71.8 Å². The van der Waals surface area contributed by atoms with E-state index in [1.54, 1.807) is 0 Å². The van der Waals surface area contributed by atoms with Gasteiger partial charge in [0.1, 0.15) is 22.3 Å². The molecule has 0 fully saturated rings. The minimum atomic E-state index is 0.936. The van der Waals surface area contributed by atoms with Crippen molar-refractivity contribution in [1.82, 2.24) is 0 Å². The standard InChI is InChI=1S/C24H16O2/c1-13-5-3-7-19-21(13)17-11-9-16-15(23(17)25-19)10-12-18-22-14(2)6-4-8-20(22)26-24(16)18/h3-12H,1-2H3. The van der Waals surface area contributed by atoms with E-state index < -0.39 is 0 Å². The van der Waals surface area contributed by atoms with Gasteiger partial charge in [-0.3, -0.25) is 0 Å². The molecule has 0 aliphatic heterocycles. The molecule has 26 heavy (non-hydrogen) atoms. The number of fused-ring (bicyclic) bond motifs is 9. The maximum atomic E-state index is 6.25. The fourth-order valence-electron chi connectivity index (χ4n) is 4.33. The van der Waals surface area contributed by atoms with Gasteiger partial charge < -0.3 is 8.83 Å². The zero-order chi connectivity index (χ0) is 17.4. The van der Waals surface area contributed by atoms with Crippen LogP contribution in [0.2, 0.25) is 0 Å². The van der Waals surface area contributed by atoms with Gasteiger partial charge in [-0.15, -0.1) is 0 Å². The Morgan fingerprint density at radius 2 is 0.923 bits per heavy atom. The van der Waals surface area contributed by atoms with Crippen molar-refractivity contribution >= 4 is 54.6 Å².